The number of carbonyl (C=O) groups excluding carboxylic acids is 1. The number of halogens is 1. The Labute approximate surface area is 76.3 Å². The summed E-state index contributed by atoms with van der Waals surface area (Å²) in [7, 11) is 0. The van der Waals surface area contributed by atoms with Crippen molar-refractivity contribution in [2.45, 2.75) is 12.8 Å². The highest BCUT2D eigenvalue weighted by molar-refractivity contribution is 6.30. The van der Waals surface area contributed by atoms with E-state index in [1.54, 1.807) is 25.1 Å². The molecule has 0 aromatic heterocycles. The fourth-order valence-electron chi connectivity index (χ4n) is 0.977. The lowest BCUT2D eigenvalue weighted by molar-refractivity contribution is -0.108. The van der Waals surface area contributed by atoms with Gasteiger partial charge < -0.3 is 10.5 Å². The summed E-state index contributed by atoms with van der Waals surface area (Å²) >= 11 is 5.76. The van der Waals surface area contributed by atoms with E-state index in [9.17, 15) is 4.79 Å². The van der Waals surface area contributed by atoms with E-state index in [1.165, 1.54) is 0 Å². The van der Waals surface area contributed by atoms with Gasteiger partial charge >= 0.3 is 0 Å². The molecule has 1 aromatic rings. The monoisotopic (exact) mass is 183 g/mol. The van der Waals surface area contributed by atoms with Gasteiger partial charge in [0.1, 0.15) is 6.29 Å². The van der Waals surface area contributed by atoms with Crippen LogP contribution in [0.5, 0.6) is 0 Å². The van der Waals surface area contributed by atoms with Crippen LogP contribution in [0.2, 0.25) is 5.02 Å². The van der Waals surface area contributed by atoms with Crippen LogP contribution in [0.25, 0.3) is 0 Å². The number of nitrogens with two attached hydrogens (primary N) is 1. The second kappa shape index (κ2) is 3.59. The quantitative estimate of drug-likeness (QED) is 0.565. The van der Waals surface area contributed by atoms with Crippen LogP contribution in [0, 0.1) is 0 Å². The molecule has 3 heteroatoms. The van der Waals surface area contributed by atoms with Crippen LogP contribution in [0.1, 0.15) is 18.4 Å². The minimum Gasteiger partial charge on any atom is -0.399 e. The number of anilines is 1. The number of benzene rings is 1. The lowest BCUT2D eigenvalue weighted by Gasteiger charge is -2.05. The third kappa shape index (κ3) is 1.98. The first-order valence-electron chi connectivity index (χ1n) is 3.64. The van der Waals surface area contributed by atoms with E-state index >= 15 is 0 Å². The molecule has 0 amide bonds. The van der Waals surface area contributed by atoms with Gasteiger partial charge in [-0.3, -0.25) is 0 Å². The fourth-order valence-corrected chi connectivity index (χ4v) is 1.23. The van der Waals surface area contributed by atoms with Crippen molar-refractivity contribution in [1.82, 2.24) is 0 Å². The van der Waals surface area contributed by atoms with Crippen LogP contribution in [0.3, 0.4) is 0 Å². The Hall–Kier alpha value is -1.02. The SMILES string of the molecule is CC(C=O)c1cc(N)cc(Cl)c1. The van der Waals surface area contributed by atoms with Gasteiger partial charge in [-0.05, 0) is 23.8 Å². The van der Waals surface area contributed by atoms with Crippen molar-refractivity contribution >= 4 is 23.6 Å². The Morgan fingerprint density at radius 1 is 1.50 bits per heavy atom. The van der Waals surface area contributed by atoms with Crippen molar-refractivity contribution in [1.29, 1.82) is 0 Å². The standard InChI is InChI=1S/C9H10ClNO/c1-6(5-12)7-2-8(10)4-9(11)3-7/h2-6H,11H2,1H3. The van der Waals surface area contributed by atoms with Gasteiger partial charge in [0.25, 0.3) is 0 Å². The molecule has 0 bridgehead atoms. The van der Waals surface area contributed by atoms with Gasteiger partial charge in [0.15, 0.2) is 0 Å². The van der Waals surface area contributed by atoms with E-state index in [1.807, 2.05) is 0 Å². The first kappa shape index (κ1) is 9.07. The molecule has 1 aromatic carbocycles. The average Bonchev–Trinajstić information content (AvgIpc) is 2.01. The van der Waals surface area contributed by atoms with E-state index < -0.39 is 0 Å². The maximum atomic E-state index is 10.4. The Kier molecular flexibility index (Phi) is 2.71. The molecule has 64 valence electrons. The van der Waals surface area contributed by atoms with Gasteiger partial charge in [-0.25, -0.2) is 0 Å². The van der Waals surface area contributed by atoms with Gasteiger partial charge in [0, 0.05) is 16.6 Å². The van der Waals surface area contributed by atoms with Gasteiger partial charge in [0.05, 0.1) is 0 Å². The smallest absolute Gasteiger partial charge is 0.127 e. The van der Waals surface area contributed by atoms with Gasteiger partial charge in [0.2, 0.25) is 0 Å². The molecule has 1 unspecified atom stereocenters. The van der Waals surface area contributed by atoms with Gasteiger partial charge in [-0.1, -0.05) is 18.5 Å². The average molecular weight is 184 g/mol. The summed E-state index contributed by atoms with van der Waals surface area (Å²) in [6.45, 7) is 1.80. The minimum absolute atomic E-state index is 0.147. The zero-order valence-electron chi connectivity index (χ0n) is 6.75. The topological polar surface area (TPSA) is 43.1 Å². The highest BCUT2D eigenvalue weighted by Crippen LogP contribution is 2.21. The molecule has 0 aliphatic heterocycles. The third-order valence-corrected chi connectivity index (χ3v) is 1.89. The van der Waals surface area contributed by atoms with Crippen molar-refractivity contribution in [2.24, 2.45) is 0 Å². The molecule has 0 aliphatic carbocycles. The number of nitrogen functional groups attached to an aromatic ring is 1. The summed E-state index contributed by atoms with van der Waals surface area (Å²) in [6.07, 6.45) is 0.866. The molecule has 2 nitrogen and oxygen atoms in total. The first-order chi connectivity index (χ1) is 5.63. The molecule has 1 rings (SSSR count). The van der Waals surface area contributed by atoms with Crippen LogP contribution >= 0.6 is 11.6 Å². The van der Waals surface area contributed by atoms with E-state index in [0.29, 0.717) is 10.7 Å². The molecule has 0 spiro atoms. The van der Waals surface area contributed by atoms with Crippen LogP contribution in [0.4, 0.5) is 5.69 Å². The van der Waals surface area contributed by atoms with Crippen LogP contribution in [-0.2, 0) is 4.79 Å². The molecule has 2 N–H and O–H groups in total. The van der Waals surface area contributed by atoms with Gasteiger partial charge in [-0.2, -0.15) is 0 Å². The van der Waals surface area contributed by atoms with E-state index in [0.717, 1.165) is 11.8 Å². The largest absolute Gasteiger partial charge is 0.399 e. The maximum Gasteiger partial charge on any atom is 0.127 e. The number of carbonyl (C=O) groups is 1. The number of rotatable bonds is 2. The first-order valence-corrected chi connectivity index (χ1v) is 4.02. The highest BCUT2D eigenvalue weighted by Gasteiger charge is 2.04. The summed E-state index contributed by atoms with van der Waals surface area (Å²) < 4.78 is 0. The van der Waals surface area contributed by atoms with Crippen LogP contribution in [-0.4, -0.2) is 6.29 Å². The molecule has 0 saturated carbocycles. The maximum absolute atomic E-state index is 10.4. The zero-order chi connectivity index (χ0) is 9.14. The second-order valence-electron chi connectivity index (χ2n) is 2.74. The second-order valence-corrected chi connectivity index (χ2v) is 3.18. The van der Waals surface area contributed by atoms with E-state index in [2.05, 4.69) is 0 Å². The number of aldehydes is 1. The van der Waals surface area contributed by atoms with Crippen molar-refractivity contribution in [2.75, 3.05) is 5.73 Å². The molecule has 0 radical (unpaired) electrons. The summed E-state index contributed by atoms with van der Waals surface area (Å²) in [5.41, 5.74) is 7.00. The third-order valence-electron chi connectivity index (χ3n) is 1.67. The van der Waals surface area contributed by atoms with Crippen molar-refractivity contribution in [3.63, 3.8) is 0 Å². The summed E-state index contributed by atoms with van der Waals surface area (Å²) in [6, 6.07) is 5.16. The molecular formula is C9H10ClNO. The molecular weight excluding hydrogens is 174 g/mol. The molecule has 0 aliphatic rings. The van der Waals surface area contributed by atoms with Crippen LogP contribution < -0.4 is 5.73 Å². The number of hydrogen-bond acceptors (Lipinski definition) is 2. The molecule has 12 heavy (non-hydrogen) atoms. The lowest BCUT2D eigenvalue weighted by atomic mass is 10.0. The fraction of sp³-hybridized carbons (Fsp3) is 0.222. The normalized spacial score (nSPS) is 12.5. The summed E-state index contributed by atoms with van der Waals surface area (Å²) in [5, 5.41) is 0.568. The number of hydrogen-bond donors (Lipinski definition) is 1. The summed E-state index contributed by atoms with van der Waals surface area (Å²) in [5.74, 6) is -0.147. The zero-order valence-corrected chi connectivity index (χ0v) is 7.51. The van der Waals surface area contributed by atoms with E-state index in [-0.39, 0.29) is 5.92 Å². The Morgan fingerprint density at radius 2 is 2.17 bits per heavy atom. The van der Waals surface area contributed by atoms with Crippen molar-refractivity contribution in [3.05, 3.63) is 28.8 Å². The van der Waals surface area contributed by atoms with Crippen molar-refractivity contribution < 1.29 is 4.79 Å². The lowest BCUT2D eigenvalue weighted by Crippen LogP contribution is -1.96. The summed E-state index contributed by atoms with van der Waals surface area (Å²) in [4.78, 5) is 10.4. The molecule has 0 heterocycles. The van der Waals surface area contributed by atoms with Crippen LogP contribution in [0.15, 0.2) is 18.2 Å². The van der Waals surface area contributed by atoms with Gasteiger partial charge in [-0.15, -0.1) is 0 Å². The molecule has 0 fully saturated rings. The Balaban J connectivity index is 3.08. The minimum atomic E-state index is -0.147. The molecule has 1 atom stereocenters. The Morgan fingerprint density at radius 3 is 2.67 bits per heavy atom. The van der Waals surface area contributed by atoms with E-state index in [4.69, 9.17) is 17.3 Å². The predicted molar refractivity (Wildman–Crippen MR) is 50.3 cm³/mol. The Bertz CT molecular complexity index is 278. The molecule has 0 saturated heterocycles. The highest BCUT2D eigenvalue weighted by atomic mass is 35.5. The van der Waals surface area contributed by atoms with Crippen molar-refractivity contribution in [3.8, 4) is 0 Å². The predicted octanol–water partition coefficient (Wildman–Crippen LogP) is 2.22.